The van der Waals surface area contributed by atoms with Crippen LogP contribution < -0.4 is 0 Å². The number of pyridine rings is 1. The molecular formula is C28H29NO2. The number of nitrogens with zero attached hydrogens (tertiary/aromatic N) is 1. The van der Waals surface area contributed by atoms with Crippen LogP contribution in [0, 0.1) is 11.8 Å². The fraction of sp³-hybridized carbons (Fsp3) is 0.357. The average molecular weight is 412 g/mol. The lowest BCUT2D eigenvalue weighted by Crippen LogP contribution is -2.34. The summed E-state index contributed by atoms with van der Waals surface area (Å²) in [6.07, 6.45) is 9.01. The summed E-state index contributed by atoms with van der Waals surface area (Å²) in [6.45, 7) is 0. The van der Waals surface area contributed by atoms with E-state index in [1.54, 1.807) is 0 Å². The number of rotatable bonds is 6. The number of hydrogen-bond donors (Lipinski definition) is 0. The third-order valence-electron chi connectivity index (χ3n) is 7.53. The fourth-order valence-corrected chi connectivity index (χ4v) is 6.01. The zero-order valence-corrected chi connectivity index (χ0v) is 18.1. The Bertz CT molecular complexity index is 1040. The van der Waals surface area contributed by atoms with E-state index in [4.69, 9.17) is 4.74 Å². The van der Waals surface area contributed by atoms with Crippen molar-refractivity contribution in [2.45, 2.75) is 43.9 Å². The van der Waals surface area contributed by atoms with E-state index in [1.807, 2.05) is 24.4 Å². The zero-order chi connectivity index (χ0) is 21.3. The minimum absolute atomic E-state index is 0.0665. The molecule has 158 valence electrons. The monoisotopic (exact) mass is 411 g/mol. The summed E-state index contributed by atoms with van der Waals surface area (Å²) in [7, 11) is 1.43. The van der Waals surface area contributed by atoms with Gasteiger partial charge in [0.2, 0.25) is 0 Å². The molecule has 1 aromatic heterocycles. The molecule has 2 aliphatic carbocycles. The average Bonchev–Trinajstić information content (AvgIpc) is 3.46. The van der Waals surface area contributed by atoms with Gasteiger partial charge >= 0.3 is 5.97 Å². The van der Waals surface area contributed by atoms with Gasteiger partial charge in [-0.1, -0.05) is 48.9 Å². The highest BCUT2D eigenvalue weighted by atomic mass is 16.5. The van der Waals surface area contributed by atoms with Crippen molar-refractivity contribution in [2.75, 3.05) is 7.11 Å². The highest BCUT2D eigenvalue weighted by Gasteiger charge is 2.52. The van der Waals surface area contributed by atoms with Gasteiger partial charge in [0.05, 0.1) is 12.7 Å². The summed E-state index contributed by atoms with van der Waals surface area (Å²) >= 11 is 0. The molecule has 3 heteroatoms. The predicted octanol–water partition coefficient (Wildman–Crippen LogP) is 5.76. The number of esters is 1. The molecule has 0 radical (unpaired) electrons. The molecule has 0 saturated heterocycles. The quantitative estimate of drug-likeness (QED) is 0.484. The number of ether oxygens (including phenoxy) is 1. The third-order valence-corrected chi connectivity index (χ3v) is 7.53. The van der Waals surface area contributed by atoms with Crippen molar-refractivity contribution in [1.82, 2.24) is 4.98 Å². The number of benzene rings is 2. The number of carbonyl (C=O) groups excluding carboxylic acids is 1. The Morgan fingerprint density at radius 1 is 0.968 bits per heavy atom. The first kappa shape index (κ1) is 20.0. The largest absolute Gasteiger partial charge is 0.465 e. The van der Waals surface area contributed by atoms with Gasteiger partial charge in [0.25, 0.3) is 0 Å². The lowest BCUT2D eigenvalue weighted by atomic mass is 9.64. The van der Waals surface area contributed by atoms with Crippen molar-refractivity contribution in [3.63, 3.8) is 0 Å². The van der Waals surface area contributed by atoms with Crippen molar-refractivity contribution >= 4 is 5.97 Å². The van der Waals surface area contributed by atoms with Crippen LogP contribution in [-0.4, -0.2) is 18.1 Å². The highest BCUT2D eigenvalue weighted by molar-refractivity contribution is 5.89. The van der Waals surface area contributed by atoms with Crippen molar-refractivity contribution in [3.05, 3.63) is 101 Å². The molecule has 0 spiro atoms. The van der Waals surface area contributed by atoms with Gasteiger partial charge in [0.15, 0.2) is 0 Å². The van der Waals surface area contributed by atoms with Gasteiger partial charge in [-0.2, -0.15) is 0 Å². The first-order valence-corrected chi connectivity index (χ1v) is 11.4. The Hall–Kier alpha value is -2.94. The van der Waals surface area contributed by atoms with Gasteiger partial charge in [0, 0.05) is 17.3 Å². The van der Waals surface area contributed by atoms with Crippen LogP contribution in [0.4, 0.5) is 0 Å². The maximum atomic E-state index is 11.9. The Morgan fingerprint density at radius 2 is 1.71 bits per heavy atom. The van der Waals surface area contributed by atoms with E-state index in [-0.39, 0.29) is 11.4 Å². The van der Waals surface area contributed by atoms with Crippen LogP contribution in [0.15, 0.2) is 72.9 Å². The number of aryl methyl sites for hydroxylation is 2. The Kier molecular flexibility index (Phi) is 5.35. The van der Waals surface area contributed by atoms with E-state index in [2.05, 4.69) is 53.5 Å². The predicted molar refractivity (Wildman–Crippen MR) is 122 cm³/mol. The molecule has 2 fully saturated rings. The molecule has 2 aromatic carbocycles. The van der Waals surface area contributed by atoms with Gasteiger partial charge in [-0.25, -0.2) is 4.79 Å². The minimum atomic E-state index is -0.272. The van der Waals surface area contributed by atoms with Crippen LogP contribution in [0.1, 0.15) is 58.4 Å². The number of aromatic nitrogens is 1. The number of carbonyl (C=O) groups is 1. The Balaban J connectivity index is 1.42. The SMILES string of the molecule is COC(=O)c1ccc(C2(c3ccc(CCc4ccccn4)cc3)CC3CCC2C3)cc1. The summed E-state index contributed by atoms with van der Waals surface area (Å²) in [5.41, 5.74) is 5.95. The van der Waals surface area contributed by atoms with E-state index in [1.165, 1.54) is 49.5 Å². The van der Waals surface area contributed by atoms with Gasteiger partial charge in [-0.3, -0.25) is 4.98 Å². The third kappa shape index (κ3) is 3.67. The van der Waals surface area contributed by atoms with Gasteiger partial charge in [0.1, 0.15) is 0 Å². The molecule has 3 nitrogen and oxygen atoms in total. The summed E-state index contributed by atoms with van der Waals surface area (Å²) in [5.74, 6) is 1.22. The molecule has 5 rings (SSSR count). The number of hydrogen-bond acceptors (Lipinski definition) is 3. The van der Waals surface area contributed by atoms with E-state index >= 15 is 0 Å². The highest BCUT2D eigenvalue weighted by Crippen LogP contribution is 2.60. The topological polar surface area (TPSA) is 39.2 Å². The van der Waals surface area contributed by atoms with Crippen LogP contribution in [0.3, 0.4) is 0 Å². The lowest BCUT2D eigenvalue weighted by Gasteiger charge is -2.39. The lowest BCUT2D eigenvalue weighted by molar-refractivity contribution is 0.0600. The first-order valence-electron chi connectivity index (χ1n) is 11.4. The van der Waals surface area contributed by atoms with E-state index < -0.39 is 0 Å². The summed E-state index contributed by atoms with van der Waals surface area (Å²) in [4.78, 5) is 16.3. The van der Waals surface area contributed by atoms with Crippen molar-refractivity contribution < 1.29 is 9.53 Å². The van der Waals surface area contributed by atoms with Crippen LogP contribution in [-0.2, 0) is 23.0 Å². The number of fused-ring (bicyclic) bond motifs is 2. The molecule has 2 saturated carbocycles. The fourth-order valence-electron chi connectivity index (χ4n) is 6.01. The standard InChI is InChI=1S/C28H29NO2/c1-31-27(30)22-9-14-24(15-10-22)28(19-21-7-13-25(28)18-21)23-11-5-20(6-12-23)8-16-26-4-2-3-17-29-26/h2-6,9-12,14-15,17,21,25H,7-8,13,16,18-19H2,1H3. The number of methoxy groups -OCH3 is 1. The minimum Gasteiger partial charge on any atom is -0.465 e. The maximum absolute atomic E-state index is 11.9. The molecule has 3 atom stereocenters. The molecule has 2 bridgehead atoms. The molecule has 2 aliphatic rings. The maximum Gasteiger partial charge on any atom is 0.337 e. The second-order valence-electron chi connectivity index (χ2n) is 9.14. The molecule has 3 unspecified atom stereocenters. The van der Waals surface area contributed by atoms with Crippen LogP contribution >= 0.6 is 0 Å². The van der Waals surface area contributed by atoms with Gasteiger partial charge in [-0.15, -0.1) is 0 Å². The first-order chi connectivity index (χ1) is 15.2. The summed E-state index contributed by atoms with van der Waals surface area (Å²) < 4.78 is 4.89. The molecule has 1 heterocycles. The van der Waals surface area contributed by atoms with Gasteiger partial charge in [-0.05, 0) is 84.9 Å². The molecule has 31 heavy (non-hydrogen) atoms. The van der Waals surface area contributed by atoms with Crippen molar-refractivity contribution in [1.29, 1.82) is 0 Å². The second kappa shape index (κ2) is 8.30. The summed E-state index contributed by atoms with van der Waals surface area (Å²) in [5, 5.41) is 0. The second-order valence-corrected chi connectivity index (χ2v) is 9.14. The Morgan fingerprint density at radius 3 is 2.29 bits per heavy atom. The molecule has 0 N–H and O–H groups in total. The van der Waals surface area contributed by atoms with Crippen LogP contribution in [0.2, 0.25) is 0 Å². The molecule has 0 amide bonds. The smallest absolute Gasteiger partial charge is 0.337 e. The van der Waals surface area contributed by atoms with E-state index in [0.717, 1.165) is 24.5 Å². The van der Waals surface area contributed by atoms with Crippen LogP contribution in [0.5, 0.6) is 0 Å². The van der Waals surface area contributed by atoms with E-state index in [9.17, 15) is 4.79 Å². The normalized spacial score (nSPS) is 24.3. The zero-order valence-electron chi connectivity index (χ0n) is 18.1. The van der Waals surface area contributed by atoms with Crippen LogP contribution in [0.25, 0.3) is 0 Å². The Labute approximate surface area is 184 Å². The molecule has 0 aliphatic heterocycles. The van der Waals surface area contributed by atoms with E-state index in [0.29, 0.717) is 11.5 Å². The molecule has 3 aromatic rings. The van der Waals surface area contributed by atoms with Crippen molar-refractivity contribution in [2.24, 2.45) is 11.8 Å². The summed E-state index contributed by atoms with van der Waals surface area (Å²) in [6, 6.07) is 23.6. The molecular weight excluding hydrogens is 382 g/mol. The van der Waals surface area contributed by atoms with Gasteiger partial charge < -0.3 is 4.74 Å². The van der Waals surface area contributed by atoms with Crippen molar-refractivity contribution in [3.8, 4) is 0 Å².